The van der Waals surface area contributed by atoms with E-state index in [1.54, 1.807) is 31.4 Å². The van der Waals surface area contributed by atoms with Crippen LogP contribution in [0.3, 0.4) is 0 Å². The van der Waals surface area contributed by atoms with E-state index < -0.39 is 0 Å². The van der Waals surface area contributed by atoms with E-state index >= 15 is 0 Å². The van der Waals surface area contributed by atoms with Gasteiger partial charge in [-0.2, -0.15) is 5.10 Å². The number of fused-ring (bicyclic) bond motifs is 1. The summed E-state index contributed by atoms with van der Waals surface area (Å²) in [4.78, 5) is 16.4. The summed E-state index contributed by atoms with van der Waals surface area (Å²) in [5.74, 6) is 0.267. The summed E-state index contributed by atoms with van der Waals surface area (Å²) >= 11 is 6.14. The van der Waals surface area contributed by atoms with Gasteiger partial charge in [0.25, 0.3) is 5.91 Å². The predicted molar refractivity (Wildman–Crippen MR) is 94.8 cm³/mol. The number of para-hydroxylation sites is 1. The summed E-state index contributed by atoms with van der Waals surface area (Å²) in [7, 11) is 1.55. The third-order valence-electron chi connectivity index (χ3n) is 3.41. The van der Waals surface area contributed by atoms with Crippen LogP contribution in [0.1, 0.15) is 15.9 Å². The van der Waals surface area contributed by atoms with Crippen LogP contribution in [0.5, 0.6) is 5.75 Å². The molecule has 0 saturated heterocycles. The number of pyridine rings is 1. The Hall–Kier alpha value is -2.92. The minimum Gasteiger partial charge on any atom is -0.497 e. The molecule has 6 heteroatoms. The molecule has 1 N–H and O–H groups in total. The van der Waals surface area contributed by atoms with Gasteiger partial charge in [0.2, 0.25) is 0 Å². The van der Waals surface area contributed by atoms with Crippen LogP contribution in [0.2, 0.25) is 5.15 Å². The first-order chi connectivity index (χ1) is 11.7. The van der Waals surface area contributed by atoms with E-state index in [4.69, 9.17) is 16.3 Å². The third-order valence-corrected chi connectivity index (χ3v) is 3.71. The number of nitrogens with one attached hydrogen (secondary N) is 1. The molecule has 24 heavy (non-hydrogen) atoms. The van der Waals surface area contributed by atoms with E-state index in [1.165, 1.54) is 6.21 Å². The largest absolute Gasteiger partial charge is 0.497 e. The summed E-state index contributed by atoms with van der Waals surface area (Å²) in [6.45, 7) is 0. The van der Waals surface area contributed by atoms with E-state index in [1.807, 2.05) is 30.3 Å². The fraction of sp³-hybridized carbons (Fsp3) is 0.0556. The van der Waals surface area contributed by atoms with Gasteiger partial charge in [-0.25, -0.2) is 10.4 Å². The lowest BCUT2D eigenvalue weighted by molar-refractivity contribution is 0.0955. The summed E-state index contributed by atoms with van der Waals surface area (Å²) in [6.07, 6.45) is 1.47. The average Bonchev–Trinajstić information content (AvgIpc) is 2.62. The Balaban J connectivity index is 1.76. The number of aromatic nitrogens is 1. The zero-order valence-corrected chi connectivity index (χ0v) is 13.6. The van der Waals surface area contributed by atoms with E-state index in [9.17, 15) is 4.79 Å². The zero-order chi connectivity index (χ0) is 16.9. The van der Waals surface area contributed by atoms with Gasteiger partial charge in [-0.1, -0.05) is 35.9 Å². The van der Waals surface area contributed by atoms with Crippen LogP contribution in [-0.2, 0) is 0 Å². The highest BCUT2D eigenvalue weighted by Gasteiger charge is 2.06. The number of hydrazone groups is 1. The molecule has 2 aromatic carbocycles. The molecule has 0 atom stereocenters. The van der Waals surface area contributed by atoms with Crippen LogP contribution < -0.4 is 10.2 Å². The second-order valence-corrected chi connectivity index (χ2v) is 5.35. The number of hydrogen-bond acceptors (Lipinski definition) is 4. The van der Waals surface area contributed by atoms with Gasteiger partial charge in [0.15, 0.2) is 0 Å². The second-order valence-electron chi connectivity index (χ2n) is 4.99. The Kier molecular flexibility index (Phi) is 4.72. The SMILES string of the molecule is COc1cccc(C(=O)N/N=C/c2cc3ccccc3nc2Cl)c1. The van der Waals surface area contributed by atoms with Gasteiger partial charge in [-0.15, -0.1) is 0 Å². The van der Waals surface area contributed by atoms with E-state index in [0.29, 0.717) is 22.0 Å². The van der Waals surface area contributed by atoms with Crippen molar-refractivity contribution in [3.63, 3.8) is 0 Å². The number of halogens is 1. The predicted octanol–water partition coefficient (Wildman–Crippen LogP) is 3.66. The molecule has 0 saturated carbocycles. The monoisotopic (exact) mass is 339 g/mol. The van der Waals surface area contributed by atoms with Crippen molar-refractivity contribution in [2.75, 3.05) is 7.11 Å². The number of methoxy groups -OCH3 is 1. The molecule has 0 spiro atoms. The van der Waals surface area contributed by atoms with Gasteiger partial charge in [-0.05, 0) is 30.3 Å². The molecule has 0 bridgehead atoms. The summed E-state index contributed by atoms with van der Waals surface area (Å²) in [6, 6.07) is 16.3. The fourth-order valence-electron chi connectivity index (χ4n) is 2.19. The maximum atomic E-state index is 12.1. The quantitative estimate of drug-likeness (QED) is 0.448. The van der Waals surface area contributed by atoms with Crippen LogP contribution in [0.25, 0.3) is 10.9 Å². The van der Waals surface area contributed by atoms with E-state index in [2.05, 4.69) is 15.5 Å². The maximum absolute atomic E-state index is 12.1. The molecule has 0 aliphatic rings. The normalized spacial score (nSPS) is 10.9. The van der Waals surface area contributed by atoms with Crippen molar-refractivity contribution in [1.82, 2.24) is 10.4 Å². The van der Waals surface area contributed by atoms with Crippen molar-refractivity contribution in [1.29, 1.82) is 0 Å². The molecule has 0 aliphatic carbocycles. The maximum Gasteiger partial charge on any atom is 0.271 e. The molecular formula is C18H14ClN3O2. The zero-order valence-electron chi connectivity index (χ0n) is 12.9. The molecule has 1 amide bonds. The third kappa shape index (κ3) is 3.52. The van der Waals surface area contributed by atoms with Crippen molar-refractivity contribution in [3.8, 4) is 5.75 Å². The fourth-order valence-corrected chi connectivity index (χ4v) is 2.38. The van der Waals surface area contributed by atoms with Crippen LogP contribution in [0.15, 0.2) is 59.7 Å². The van der Waals surface area contributed by atoms with Crippen molar-refractivity contribution in [3.05, 3.63) is 70.9 Å². The van der Waals surface area contributed by atoms with Gasteiger partial charge in [-0.3, -0.25) is 4.79 Å². The molecule has 1 heterocycles. The number of amides is 1. The summed E-state index contributed by atoms with van der Waals surface area (Å²) < 4.78 is 5.09. The lowest BCUT2D eigenvalue weighted by Crippen LogP contribution is -2.17. The Morgan fingerprint density at radius 1 is 1.21 bits per heavy atom. The highest BCUT2D eigenvalue weighted by molar-refractivity contribution is 6.32. The number of carbonyl (C=O) groups excluding carboxylic acids is 1. The van der Waals surface area contributed by atoms with Gasteiger partial charge in [0.05, 0.1) is 18.8 Å². The average molecular weight is 340 g/mol. The van der Waals surface area contributed by atoms with Gasteiger partial charge >= 0.3 is 0 Å². The lowest BCUT2D eigenvalue weighted by Gasteiger charge is -2.04. The first-order valence-corrected chi connectivity index (χ1v) is 7.58. The Morgan fingerprint density at radius 2 is 2.04 bits per heavy atom. The van der Waals surface area contributed by atoms with Crippen molar-refractivity contribution in [2.45, 2.75) is 0 Å². The Morgan fingerprint density at radius 3 is 2.88 bits per heavy atom. The minimum absolute atomic E-state index is 0.327. The standard InChI is InChI=1S/C18H14ClN3O2/c1-24-15-7-4-6-13(10-15)18(23)22-20-11-14-9-12-5-2-3-8-16(12)21-17(14)19/h2-11H,1H3,(H,22,23)/b20-11+. The van der Waals surface area contributed by atoms with Crippen LogP contribution in [-0.4, -0.2) is 24.2 Å². The number of benzene rings is 2. The van der Waals surface area contributed by atoms with Crippen LogP contribution in [0.4, 0.5) is 0 Å². The lowest BCUT2D eigenvalue weighted by atomic mass is 10.2. The topological polar surface area (TPSA) is 63.6 Å². The Labute approximate surface area is 143 Å². The highest BCUT2D eigenvalue weighted by atomic mass is 35.5. The van der Waals surface area contributed by atoms with E-state index in [-0.39, 0.29) is 5.91 Å². The number of carbonyl (C=O) groups is 1. The minimum atomic E-state index is -0.338. The molecular weight excluding hydrogens is 326 g/mol. The van der Waals surface area contributed by atoms with E-state index in [0.717, 1.165) is 10.9 Å². The summed E-state index contributed by atoms with van der Waals surface area (Å²) in [5, 5.41) is 5.22. The molecule has 5 nitrogen and oxygen atoms in total. The van der Waals surface area contributed by atoms with Crippen molar-refractivity contribution >= 4 is 34.6 Å². The Bertz CT molecular complexity index is 925. The molecule has 0 fully saturated rings. The second kappa shape index (κ2) is 7.10. The van der Waals surface area contributed by atoms with Crippen molar-refractivity contribution in [2.24, 2.45) is 5.10 Å². The first-order valence-electron chi connectivity index (χ1n) is 7.20. The number of hydrogen-bond donors (Lipinski definition) is 1. The molecule has 120 valence electrons. The highest BCUT2D eigenvalue weighted by Crippen LogP contribution is 2.19. The smallest absolute Gasteiger partial charge is 0.271 e. The van der Waals surface area contributed by atoms with Crippen LogP contribution in [0, 0.1) is 0 Å². The van der Waals surface area contributed by atoms with Gasteiger partial charge < -0.3 is 4.74 Å². The molecule has 0 aliphatic heterocycles. The van der Waals surface area contributed by atoms with Gasteiger partial charge in [0, 0.05) is 16.5 Å². The van der Waals surface area contributed by atoms with Crippen LogP contribution >= 0.6 is 11.6 Å². The van der Waals surface area contributed by atoms with Crippen molar-refractivity contribution < 1.29 is 9.53 Å². The molecule has 3 rings (SSSR count). The van der Waals surface area contributed by atoms with Gasteiger partial charge in [0.1, 0.15) is 10.9 Å². The molecule has 1 aromatic heterocycles. The number of rotatable bonds is 4. The molecule has 3 aromatic rings. The molecule has 0 unspecified atom stereocenters. The summed E-state index contributed by atoms with van der Waals surface area (Å²) in [5.41, 5.74) is 4.35. The number of nitrogens with zero attached hydrogens (tertiary/aromatic N) is 2. The number of ether oxygens (including phenoxy) is 1. The molecule has 0 radical (unpaired) electrons. The first kappa shape index (κ1) is 16.0.